The fourth-order valence-electron chi connectivity index (χ4n) is 0.654. The van der Waals surface area contributed by atoms with Crippen LogP contribution in [0.4, 0.5) is 0 Å². The Hall–Kier alpha value is -2.03. The first-order valence-corrected chi connectivity index (χ1v) is 4.23. The van der Waals surface area contributed by atoms with Crippen LogP contribution in [-0.2, 0) is 19.1 Å². The van der Waals surface area contributed by atoms with E-state index < -0.39 is 11.9 Å². The highest BCUT2D eigenvalue weighted by atomic mass is 16.5. The lowest BCUT2D eigenvalue weighted by atomic mass is 10.3. The maximum Gasteiger partial charge on any atom is 0.350 e. The number of nitrogens with one attached hydrogen (secondary N) is 1. The van der Waals surface area contributed by atoms with Crippen molar-refractivity contribution in [2.24, 2.45) is 0 Å². The number of hydrogen-bond donors (Lipinski definition) is 1. The van der Waals surface area contributed by atoms with Crippen molar-refractivity contribution in [3.8, 4) is 6.07 Å². The summed E-state index contributed by atoms with van der Waals surface area (Å²) in [5, 5.41) is 11.0. The molecule has 82 valence electrons. The van der Waals surface area contributed by atoms with Crippen LogP contribution in [0.5, 0.6) is 0 Å². The van der Waals surface area contributed by atoms with Crippen LogP contribution < -0.4 is 5.32 Å². The number of rotatable bonds is 5. The summed E-state index contributed by atoms with van der Waals surface area (Å²) < 4.78 is 8.94. The summed E-state index contributed by atoms with van der Waals surface area (Å²) in [7, 11) is 1.24. The number of hydrogen-bond acceptors (Lipinski definition) is 6. The molecule has 1 N–H and O–H groups in total. The van der Waals surface area contributed by atoms with Crippen molar-refractivity contribution in [2.75, 3.05) is 20.3 Å². The molecule has 0 saturated heterocycles. The molecule has 15 heavy (non-hydrogen) atoms. The van der Waals surface area contributed by atoms with Gasteiger partial charge in [0.15, 0.2) is 5.57 Å². The van der Waals surface area contributed by atoms with Gasteiger partial charge in [-0.15, -0.1) is 0 Å². The molecule has 0 aliphatic rings. The van der Waals surface area contributed by atoms with Gasteiger partial charge in [0.25, 0.3) is 0 Å². The van der Waals surface area contributed by atoms with Gasteiger partial charge in [-0.3, -0.25) is 4.79 Å². The summed E-state index contributed by atoms with van der Waals surface area (Å²) in [6, 6.07) is 1.65. The molecule has 6 heteroatoms. The van der Waals surface area contributed by atoms with E-state index in [1.807, 2.05) is 0 Å². The summed E-state index contributed by atoms with van der Waals surface area (Å²) in [6.07, 6.45) is 1.12. The number of nitrogens with zero attached hydrogens (tertiary/aromatic N) is 1. The van der Waals surface area contributed by atoms with Gasteiger partial charge in [0.2, 0.25) is 0 Å². The van der Waals surface area contributed by atoms with Crippen molar-refractivity contribution in [3.63, 3.8) is 0 Å². The highest BCUT2D eigenvalue weighted by Gasteiger charge is 2.09. The van der Waals surface area contributed by atoms with E-state index in [1.54, 1.807) is 13.0 Å². The van der Waals surface area contributed by atoms with Crippen LogP contribution in [0.25, 0.3) is 0 Å². The fourth-order valence-corrected chi connectivity index (χ4v) is 0.654. The molecular formula is C9H12N2O4. The van der Waals surface area contributed by atoms with E-state index in [9.17, 15) is 9.59 Å². The molecule has 0 aliphatic carbocycles. The average molecular weight is 212 g/mol. The van der Waals surface area contributed by atoms with E-state index >= 15 is 0 Å². The molecule has 0 unspecified atom stereocenters. The minimum absolute atomic E-state index is 0.110. The molecule has 0 amide bonds. The minimum atomic E-state index is -0.725. The maximum atomic E-state index is 11.1. The third-order valence-corrected chi connectivity index (χ3v) is 1.34. The lowest BCUT2D eigenvalue weighted by molar-refractivity contribution is -0.140. The quantitative estimate of drug-likeness (QED) is 0.383. The zero-order valence-electron chi connectivity index (χ0n) is 8.57. The Labute approximate surface area is 87.5 Å². The first-order valence-electron chi connectivity index (χ1n) is 4.23. The SMILES string of the molecule is CCOC(=O)C(C#N)=CNCC(=O)OC. The van der Waals surface area contributed by atoms with Gasteiger partial charge >= 0.3 is 11.9 Å². The van der Waals surface area contributed by atoms with Gasteiger partial charge in [-0.1, -0.05) is 0 Å². The molecule has 0 aromatic rings. The van der Waals surface area contributed by atoms with E-state index in [-0.39, 0.29) is 18.7 Å². The third-order valence-electron chi connectivity index (χ3n) is 1.34. The second-order valence-corrected chi connectivity index (χ2v) is 2.35. The Morgan fingerprint density at radius 3 is 2.67 bits per heavy atom. The predicted octanol–water partition coefficient (Wildman–Crippen LogP) is -0.280. The molecule has 0 aliphatic heterocycles. The summed E-state index contributed by atoms with van der Waals surface area (Å²) in [5.74, 6) is -1.22. The summed E-state index contributed by atoms with van der Waals surface area (Å²) in [5.41, 5.74) is -0.194. The van der Waals surface area contributed by atoms with E-state index in [0.29, 0.717) is 0 Å². The van der Waals surface area contributed by atoms with Gasteiger partial charge in [0.05, 0.1) is 13.7 Å². The molecule has 0 bridgehead atoms. The number of ether oxygens (including phenoxy) is 2. The number of nitriles is 1. The molecular weight excluding hydrogens is 200 g/mol. The van der Waals surface area contributed by atoms with Crippen LogP contribution >= 0.6 is 0 Å². The summed E-state index contributed by atoms with van der Waals surface area (Å²) in [6.45, 7) is 1.71. The summed E-state index contributed by atoms with van der Waals surface area (Å²) in [4.78, 5) is 21.7. The standard InChI is InChI=1S/C9H12N2O4/c1-3-15-9(13)7(4-10)5-11-6-8(12)14-2/h5,11H,3,6H2,1-2H3. The highest BCUT2D eigenvalue weighted by molar-refractivity contribution is 5.92. The number of methoxy groups -OCH3 is 1. The number of carbonyl (C=O) groups is 2. The molecule has 6 nitrogen and oxygen atoms in total. The van der Waals surface area contributed by atoms with Gasteiger partial charge in [-0.25, -0.2) is 4.79 Å². The lowest BCUT2D eigenvalue weighted by Gasteiger charge is -2.01. The van der Waals surface area contributed by atoms with Crippen LogP contribution in [0, 0.1) is 11.3 Å². The first kappa shape index (κ1) is 13.0. The Balaban J connectivity index is 4.18. The number of esters is 2. The van der Waals surface area contributed by atoms with E-state index in [0.717, 1.165) is 6.20 Å². The molecule has 0 aromatic heterocycles. The van der Waals surface area contributed by atoms with Crippen LogP contribution in [0.1, 0.15) is 6.92 Å². The van der Waals surface area contributed by atoms with E-state index in [2.05, 4.69) is 14.8 Å². The zero-order valence-corrected chi connectivity index (χ0v) is 8.57. The predicted molar refractivity (Wildman–Crippen MR) is 50.3 cm³/mol. The maximum absolute atomic E-state index is 11.1. The van der Waals surface area contributed by atoms with Gasteiger partial charge in [0, 0.05) is 6.20 Å². The van der Waals surface area contributed by atoms with Crippen LogP contribution in [-0.4, -0.2) is 32.2 Å². The second-order valence-electron chi connectivity index (χ2n) is 2.35. The summed E-state index contributed by atoms with van der Waals surface area (Å²) >= 11 is 0. The van der Waals surface area contributed by atoms with Crippen molar-refractivity contribution in [2.45, 2.75) is 6.92 Å². The number of carbonyl (C=O) groups excluding carboxylic acids is 2. The Kier molecular flexibility index (Phi) is 6.38. The molecule has 0 atom stereocenters. The molecule has 0 aromatic carbocycles. The van der Waals surface area contributed by atoms with Crippen molar-refractivity contribution < 1.29 is 19.1 Å². The van der Waals surface area contributed by atoms with Crippen molar-refractivity contribution in [1.29, 1.82) is 5.26 Å². The van der Waals surface area contributed by atoms with Crippen LogP contribution in [0.15, 0.2) is 11.8 Å². The van der Waals surface area contributed by atoms with Crippen LogP contribution in [0.2, 0.25) is 0 Å². The molecule has 0 radical (unpaired) electrons. The average Bonchev–Trinajstić information content (AvgIpc) is 2.24. The van der Waals surface area contributed by atoms with Gasteiger partial charge < -0.3 is 14.8 Å². The van der Waals surface area contributed by atoms with Gasteiger partial charge in [-0.2, -0.15) is 5.26 Å². The van der Waals surface area contributed by atoms with E-state index in [1.165, 1.54) is 7.11 Å². The molecule has 0 rings (SSSR count). The second kappa shape index (κ2) is 7.38. The molecule has 0 heterocycles. The third kappa shape index (κ3) is 5.31. The van der Waals surface area contributed by atoms with E-state index in [4.69, 9.17) is 5.26 Å². The Bertz CT molecular complexity index is 304. The Morgan fingerprint density at radius 2 is 2.20 bits per heavy atom. The molecule has 0 spiro atoms. The zero-order chi connectivity index (χ0) is 11.7. The topological polar surface area (TPSA) is 88.4 Å². The minimum Gasteiger partial charge on any atom is -0.468 e. The van der Waals surface area contributed by atoms with Gasteiger partial charge in [0.1, 0.15) is 12.6 Å². The molecule has 0 fully saturated rings. The van der Waals surface area contributed by atoms with Crippen molar-refractivity contribution >= 4 is 11.9 Å². The highest BCUT2D eigenvalue weighted by Crippen LogP contribution is 1.94. The Morgan fingerprint density at radius 1 is 1.53 bits per heavy atom. The lowest BCUT2D eigenvalue weighted by Crippen LogP contribution is -2.20. The van der Waals surface area contributed by atoms with Crippen LogP contribution in [0.3, 0.4) is 0 Å². The normalized spacial score (nSPS) is 10.1. The fraction of sp³-hybridized carbons (Fsp3) is 0.444. The van der Waals surface area contributed by atoms with Crippen molar-refractivity contribution in [1.82, 2.24) is 5.32 Å². The van der Waals surface area contributed by atoms with Gasteiger partial charge in [-0.05, 0) is 6.92 Å². The smallest absolute Gasteiger partial charge is 0.350 e. The largest absolute Gasteiger partial charge is 0.468 e. The molecule has 0 saturated carbocycles. The first-order chi connectivity index (χ1) is 7.15. The monoisotopic (exact) mass is 212 g/mol. The van der Waals surface area contributed by atoms with Crippen molar-refractivity contribution in [3.05, 3.63) is 11.8 Å².